The lowest BCUT2D eigenvalue weighted by Gasteiger charge is -2.10. The molecular formula is C26H21BrN4O5S. The van der Waals surface area contributed by atoms with Crippen molar-refractivity contribution in [2.24, 2.45) is 5.10 Å². The van der Waals surface area contributed by atoms with Crippen molar-refractivity contribution in [1.29, 1.82) is 5.26 Å². The summed E-state index contributed by atoms with van der Waals surface area (Å²) in [7, 11) is 1.43. The van der Waals surface area contributed by atoms with Gasteiger partial charge in [0.15, 0.2) is 11.5 Å². The summed E-state index contributed by atoms with van der Waals surface area (Å²) >= 11 is 4.65. The first-order valence-electron chi connectivity index (χ1n) is 11.2. The Labute approximate surface area is 225 Å². The summed E-state index contributed by atoms with van der Waals surface area (Å²) in [5.41, 5.74) is 4.46. The van der Waals surface area contributed by atoms with E-state index in [2.05, 4.69) is 37.8 Å². The standard InChI is InChI=1S/C26H21BrN4O5S/c1-35-21-11-15(9-10-20(21)36-26(34)16-5-4-6-17(27)12-16)14-29-31-24(33)23(32)30-25-19(13-28)18-7-2-3-8-22(18)37-25/h4-6,9-12,14H,2-3,7-8H2,1H3,(H,30,32)(H,31,33)/b29-14+. The fraction of sp³-hybridized carbons (Fsp3) is 0.192. The van der Waals surface area contributed by atoms with Crippen molar-refractivity contribution in [3.05, 3.63) is 74.1 Å². The second-order valence-electron chi connectivity index (χ2n) is 7.99. The van der Waals surface area contributed by atoms with Gasteiger partial charge >= 0.3 is 17.8 Å². The van der Waals surface area contributed by atoms with E-state index in [0.717, 1.165) is 40.6 Å². The van der Waals surface area contributed by atoms with Crippen LogP contribution in [0.5, 0.6) is 11.5 Å². The molecule has 9 nitrogen and oxygen atoms in total. The van der Waals surface area contributed by atoms with E-state index in [4.69, 9.17) is 9.47 Å². The Bertz CT molecular complexity index is 1440. The normalized spacial score (nSPS) is 12.4. The number of nitrogens with one attached hydrogen (secondary N) is 2. The third kappa shape index (κ3) is 6.22. The van der Waals surface area contributed by atoms with Gasteiger partial charge in [0.1, 0.15) is 11.1 Å². The summed E-state index contributed by atoms with van der Waals surface area (Å²) in [6, 6.07) is 13.6. The van der Waals surface area contributed by atoms with E-state index in [-0.39, 0.29) is 11.5 Å². The quantitative estimate of drug-likeness (QED) is 0.144. The molecule has 188 valence electrons. The number of carbonyl (C=O) groups excluding carboxylic acids is 3. The van der Waals surface area contributed by atoms with Gasteiger partial charge in [-0.3, -0.25) is 9.59 Å². The highest BCUT2D eigenvalue weighted by molar-refractivity contribution is 9.10. The molecular weight excluding hydrogens is 560 g/mol. The molecule has 11 heteroatoms. The fourth-order valence-electron chi connectivity index (χ4n) is 3.77. The Morgan fingerprint density at radius 3 is 2.68 bits per heavy atom. The van der Waals surface area contributed by atoms with Crippen LogP contribution in [-0.2, 0) is 22.4 Å². The first-order valence-corrected chi connectivity index (χ1v) is 12.9. The van der Waals surface area contributed by atoms with E-state index in [1.807, 2.05) is 0 Å². The van der Waals surface area contributed by atoms with E-state index in [1.165, 1.54) is 30.7 Å². The largest absolute Gasteiger partial charge is 0.493 e. The van der Waals surface area contributed by atoms with E-state index in [1.54, 1.807) is 36.4 Å². The van der Waals surface area contributed by atoms with Gasteiger partial charge in [0.2, 0.25) is 0 Å². The van der Waals surface area contributed by atoms with Gasteiger partial charge in [-0.2, -0.15) is 10.4 Å². The van der Waals surface area contributed by atoms with Crippen LogP contribution >= 0.6 is 27.3 Å². The number of hydrogen-bond donors (Lipinski definition) is 2. The number of carbonyl (C=O) groups is 3. The number of amides is 2. The van der Waals surface area contributed by atoms with Crippen LogP contribution in [0.1, 0.15) is 44.8 Å². The molecule has 2 aromatic carbocycles. The van der Waals surface area contributed by atoms with Crippen molar-refractivity contribution < 1.29 is 23.9 Å². The van der Waals surface area contributed by atoms with Crippen LogP contribution in [0.15, 0.2) is 52.0 Å². The maximum absolute atomic E-state index is 12.4. The maximum Gasteiger partial charge on any atom is 0.343 e. The molecule has 0 atom stereocenters. The second kappa shape index (κ2) is 11.8. The number of thiophene rings is 1. The maximum atomic E-state index is 12.4. The molecule has 1 aromatic heterocycles. The van der Waals surface area contributed by atoms with Gasteiger partial charge in [0.25, 0.3) is 0 Å². The van der Waals surface area contributed by atoms with E-state index in [9.17, 15) is 19.6 Å². The molecule has 0 unspecified atom stereocenters. The number of halogens is 1. The summed E-state index contributed by atoms with van der Waals surface area (Å²) in [6.45, 7) is 0. The molecule has 0 bridgehead atoms. The molecule has 0 saturated carbocycles. The monoisotopic (exact) mass is 580 g/mol. The van der Waals surface area contributed by atoms with Crippen molar-refractivity contribution in [3.63, 3.8) is 0 Å². The van der Waals surface area contributed by atoms with Crippen LogP contribution in [0.25, 0.3) is 0 Å². The molecule has 3 aromatic rings. The summed E-state index contributed by atoms with van der Waals surface area (Å²) in [5, 5.41) is 16.2. The van der Waals surface area contributed by atoms with Gasteiger partial charge in [0, 0.05) is 9.35 Å². The number of nitriles is 1. The number of ether oxygens (including phenoxy) is 2. The molecule has 2 N–H and O–H groups in total. The lowest BCUT2D eigenvalue weighted by molar-refractivity contribution is -0.136. The van der Waals surface area contributed by atoms with Crippen molar-refractivity contribution in [2.75, 3.05) is 12.4 Å². The first kappa shape index (κ1) is 26.1. The zero-order valence-corrected chi connectivity index (χ0v) is 22.1. The Hall–Kier alpha value is -4.01. The van der Waals surface area contributed by atoms with E-state index < -0.39 is 17.8 Å². The lowest BCUT2D eigenvalue weighted by atomic mass is 9.96. The average Bonchev–Trinajstić information content (AvgIpc) is 3.26. The van der Waals surface area contributed by atoms with Gasteiger partial charge in [-0.25, -0.2) is 10.2 Å². The van der Waals surface area contributed by atoms with E-state index >= 15 is 0 Å². The summed E-state index contributed by atoms with van der Waals surface area (Å²) < 4.78 is 11.5. The highest BCUT2D eigenvalue weighted by atomic mass is 79.9. The number of anilines is 1. The molecule has 2 amide bonds. The molecule has 37 heavy (non-hydrogen) atoms. The first-order chi connectivity index (χ1) is 17.9. The predicted molar refractivity (Wildman–Crippen MR) is 142 cm³/mol. The van der Waals surface area contributed by atoms with Crippen molar-refractivity contribution >= 4 is 56.3 Å². The van der Waals surface area contributed by atoms with Crippen molar-refractivity contribution in [3.8, 4) is 17.6 Å². The summed E-state index contributed by atoms with van der Waals surface area (Å²) in [6.07, 6.45) is 5.03. The molecule has 0 aliphatic heterocycles. The Kier molecular flexibility index (Phi) is 8.32. The number of aryl methyl sites for hydroxylation is 1. The highest BCUT2D eigenvalue weighted by Gasteiger charge is 2.23. The zero-order valence-electron chi connectivity index (χ0n) is 19.7. The van der Waals surface area contributed by atoms with Crippen LogP contribution in [-0.4, -0.2) is 31.1 Å². The molecule has 1 heterocycles. The molecule has 0 saturated heterocycles. The molecule has 0 fully saturated rings. The van der Waals surface area contributed by atoms with Gasteiger partial charge in [-0.1, -0.05) is 22.0 Å². The number of nitrogens with zero attached hydrogens (tertiary/aromatic N) is 2. The molecule has 1 aliphatic rings. The molecule has 0 radical (unpaired) electrons. The number of hydrazone groups is 1. The average molecular weight is 581 g/mol. The third-order valence-electron chi connectivity index (χ3n) is 5.55. The smallest absolute Gasteiger partial charge is 0.343 e. The van der Waals surface area contributed by atoms with Crippen LogP contribution < -0.4 is 20.2 Å². The minimum Gasteiger partial charge on any atom is -0.493 e. The third-order valence-corrected chi connectivity index (χ3v) is 7.25. The van der Waals surface area contributed by atoms with Crippen LogP contribution in [0.3, 0.4) is 0 Å². The van der Waals surface area contributed by atoms with E-state index in [0.29, 0.717) is 21.7 Å². The minimum absolute atomic E-state index is 0.208. The number of esters is 1. The lowest BCUT2D eigenvalue weighted by Crippen LogP contribution is -2.32. The van der Waals surface area contributed by atoms with Gasteiger partial charge in [-0.05, 0) is 73.2 Å². The summed E-state index contributed by atoms with van der Waals surface area (Å²) in [4.78, 5) is 38.1. The second-order valence-corrected chi connectivity index (χ2v) is 10.0. The number of fused-ring (bicyclic) bond motifs is 1. The molecule has 0 spiro atoms. The van der Waals surface area contributed by atoms with Crippen molar-refractivity contribution in [2.45, 2.75) is 25.7 Å². The number of benzene rings is 2. The Morgan fingerprint density at radius 2 is 1.92 bits per heavy atom. The van der Waals surface area contributed by atoms with Crippen LogP contribution in [0.2, 0.25) is 0 Å². The number of hydrogen-bond acceptors (Lipinski definition) is 8. The minimum atomic E-state index is -0.974. The summed E-state index contributed by atoms with van der Waals surface area (Å²) in [5.74, 6) is -1.95. The van der Waals surface area contributed by atoms with Crippen LogP contribution in [0, 0.1) is 11.3 Å². The Morgan fingerprint density at radius 1 is 1.11 bits per heavy atom. The zero-order chi connectivity index (χ0) is 26.4. The van der Waals surface area contributed by atoms with Crippen LogP contribution in [0.4, 0.5) is 5.00 Å². The van der Waals surface area contributed by atoms with Crippen molar-refractivity contribution in [1.82, 2.24) is 5.43 Å². The Balaban J connectivity index is 1.37. The molecule has 1 aliphatic carbocycles. The SMILES string of the molecule is COc1cc(/C=N/NC(=O)C(=O)Nc2sc3c(c2C#N)CCCC3)ccc1OC(=O)c1cccc(Br)c1. The fourth-order valence-corrected chi connectivity index (χ4v) is 5.41. The van der Waals surface area contributed by atoms with Gasteiger partial charge in [-0.15, -0.1) is 11.3 Å². The topological polar surface area (TPSA) is 130 Å². The van der Waals surface area contributed by atoms with Gasteiger partial charge in [0.05, 0.1) is 24.5 Å². The van der Waals surface area contributed by atoms with Gasteiger partial charge < -0.3 is 14.8 Å². The number of rotatable bonds is 6. The number of methoxy groups -OCH3 is 1. The predicted octanol–water partition coefficient (Wildman–Crippen LogP) is 4.58. The highest BCUT2D eigenvalue weighted by Crippen LogP contribution is 2.37. The molecule has 4 rings (SSSR count).